The monoisotopic (exact) mass is 261 g/mol. The van der Waals surface area contributed by atoms with E-state index in [0.717, 1.165) is 25.2 Å². The number of ether oxygens (including phenoxy) is 1. The Morgan fingerprint density at radius 2 is 2.21 bits per heavy atom. The molecule has 2 rings (SSSR count). The highest BCUT2D eigenvalue weighted by Gasteiger charge is 2.20. The molecule has 1 aliphatic heterocycles. The third-order valence-corrected chi connectivity index (χ3v) is 3.89. The van der Waals surface area contributed by atoms with Crippen LogP contribution >= 0.6 is 0 Å². The molecule has 1 aromatic rings. The molecule has 0 saturated heterocycles. The van der Waals surface area contributed by atoms with Crippen molar-refractivity contribution in [3.63, 3.8) is 0 Å². The van der Waals surface area contributed by atoms with Gasteiger partial charge in [0.15, 0.2) is 0 Å². The largest absolute Gasteiger partial charge is 0.493 e. The SMILES string of the molecule is CC(C)C(CN)C(=O)CCc1ccc2c(c1)CCO2. The summed E-state index contributed by atoms with van der Waals surface area (Å²) in [5.74, 6) is 1.61. The van der Waals surface area contributed by atoms with Gasteiger partial charge in [-0.15, -0.1) is 0 Å². The van der Waals surface area contributed by atoms with Gasteiger partial charge in [0.05, 0.1) is 6.61 Å². The van der Waals surface area contributed by atoms with Crippen molar-refractivity contribution in [2.75, 3.05) is 13.2 Å². The number of ketones is 1. The van der Waals surface area contributed by atoms with Gasteiger partial charge >= 0.3 is 0 Å². The molecule has 1 unspecified atom stereocenters. The van der Waals surface area contributed by atoms with E-state index < -0.39 is 0 Å². The lowest BCUT2D eigenvalue weighted by Gasteiger charge is -2.17. The summed E-state index contributed by atoms with van der Waals surface area (Å²) in [5, 5.41) is 0. The molecule has 0 amide bonds. The van der Waals surface area contributed by atoms with Gasteiger partial charge in [-0.2, -0.15) is 0 Å². The summed E-state index contributed by atoms with van der Waals surface area (Å²) >= 11 is 0. The van der Waals surface area contributed by atoms with Crippen LogP contribution < -0.4 is 10.5 Å². The van der Waals surface area contributed by atoms with E-state index in [4.69, 9.17) is 10.5 Å². The molecule has 1 heterocycles. The van der Waals surface area contributed by atoms with E-state index in [1.54, 1.807) is 0 Å². The Balaban J connectivity index is 1.93. The lowest BCUT2D eigenvalue weighted by molar-refractivity contribution is -0.123. The first-order valence-corrected chi connectivity index (χ1v) is 7.09. The van der Waals surface area contributed by atoms with Crippen molar-refractivity contribution in [2.24, 2.45) is 17.6 Å². The number of hydrogen-bond donors (Lipinski definition) is 1. The minimum absolute atomic E-state index is 0.00207. The van der Waals surface area contributed by atoms with Crippen molar-refractivity contribution in [1.29, 1.82) is 0 Å². The maximum absolute atomic E-state index is 12.1. The van der Waals surface area contributed by atoms with E-state index in [1.807, 2.05) is 6.07 Å². The number of carbonyl (C=O) groups excluding carboxylic acids is 1. The van der Waals surface area contributed by atoms with Crippen molar-refractivity contribution < 1.29 is 9.53 Å². The molecule has 1 aliphatic rings. The minimum atomic E-state index is -0.00207. The standard InChI is InChI=1S/C16H23NO2/c1-11(2)14(10-17)15(18)5-3-12-4-6-16-13(9-12)7-8-19-16/h4,6,9,11,14H,3,5,7-8,10,17H2,1-2H3. The quantitative estimate of drug-likeness (QED) is 0.855. The molecule has 2 N–H and O–H groups in total. The summed E-state index contributed by atoms with van der Waals surface area (Å²) in [6, 6.07) is 6.25. The van der Waals surface area contributed by atoms with Crippen LogP contribution in [0.25, 0.3) is 0 Å². The van der Waals surface area contributed by atoms with E-state index in [1.165, 1.54) is 11.1 Å². The third kappa shape index (κ3) is 3.35. The van der Waals surface area contributed by atoms with Gasteiger partial charge in [0.2, 0.25) is 0 Å². The Bertz CT molecular complexity index is 454. The molecular formula is C16H23NO2. The molecule has 0 bridgehead atoms. The highest BCUT2D eigenvalue weighted by Crippen LogP contribution is 2.26. The Hall–Kier alpha value is -1.35. The molecule has 1 aromatic carbocycles. The van der Waals surface area contributed by atoms with Gasteiger partial charge in [-0.3, -0.25) is 4.79 Å². The van der Waals surface area contributed by atoms with Gasteiger partial charge in [0.25, 0.3) is 0 Å². The molecule has 0 fully saturated rings. The van der Waals surface area contributed by atoms with Gasteiger partial charge in [0.1, 0.15) is 11.5 Å². The molecule has 3 nitrogen and oxygen atoms in total. The second kappa shape index (κ2) is 6.20. The lowest BCUT2D eigenvalue weighted by Crippen LogP contribution is -2.28. The van der Waals surface area contributed by atoms with Crippen LogP contribution in [0, 0.1) is 11.8 Å². The number of rotatable bonds is 6. The number of fused-ring (bicyclic) bond motifs is 1. The topological polar surface area (TPSA) is 52.3 Å². The van der Waals surface area contributed by atoms with Crippen molar-refractivity contribution in [3.05, 3.63) is 29.3 Å². The highest BCUT2D eigenvalue weighted by atomic mass is 16.5. The summed E-state index contributed by atoms with van der Waals surface area (Å²) < 4.78 is 5.48. The number of carbonyl (C=O) groups is 1. The van der Waals surface area contributed by atoms with Crippen LogP contribution in [0.4, 0.5) is 0 Å². The van der Waals surface area contributed by atoms with Crippen LogP contribution in [0.5, 0.6) is 5.75 Å². The average Bonchev–Trinajstić information content (AvgIpc) is 2.84. The molecule has 0 aromatic heterocycles. The third-order valence-electron chi connectivity index (χ3n) is 3.89. The number of aryl methyl sites for hydroxylation is 1. The van der Waals surface area contributed by atoms with Crippen LogP contribution in [0.3, 0.4) is 0 Å². The normalized spacial score (nSPS) is 15.2. The molecule has 19 heavy (non-hydrogen) atoms. The first kappa shape index (κ1) is 14.1. The van der Waals surface area contributed by atoms with Crippen LogP contribution in [0.2, 0.25) is 0 Å². The molecule has 1 atom stereocenters. The van der Waals surface area contributed by atoms with Crippen LogP contribution in [0.15, 0.2) is 18.2 Å². The summed E-state index contributed by atoms with van der Waals surface area (Å²) in [6.45, 7) is 5.35. The fraction of sp³-hybridized carbons (Fsp3) is 0.562. The zero-order chi connectivity index (χ0) is 13.8. The van der Waals surface area contributed by atoms with Crippen LogP contribution in [0.1, 0.15) is 31.4 Å². The molecule has 0 saturated carbocycles. The lowest BCUT2D eigenvalue weighted by atomic mass is 9.88. The molecule has 0 aliphatic carbocycles. The molecule has 104 valence electrons. The summed E-state index contributed by atoms with van der Waals surface area (Å²) in [7, 11) is 0. The summed E-state index contributed by atoms with van der Waals surface area (Å²) in [5.41, 5.74) is 8.17. The maximum Gasteiger partial charge on any atom is 0.137 e. The first-order valence-electron chi connectivity index (χ1n) is 7.09. The molecular weight excluding hydrogens is 238 g/mol. The van der Waals surface area contributed by atoms with Crippen LogP contribution in [-0.2, 0) is 17.6 Å². The van der Waals surface area contributed by atoms with Gasteiger partial charge < -0.3 is 10.5 Å². The number of nitrogens with two attached hydrogens (primary N) is 1. The smallest absolute Gasteiger partial charge is 0.137 e. The number of benzene rings is 1. The molecule has 0 spiro atoms. The van der Waals surface area contributed by atoms with E-state index >= 15 is 0 Å². The zero-order valence-electron chi connectivity index (χ0n) is 11.8. The van der Waals surface area contributed by atoms with E-state index in [2.05, 4.69) is 26.0 Å². The number of Topliss-reactive ketones (excluding diaryl/α,β-unsaturated/α-hetero) is 1. The predicted molar refractivity (Wildman–Crippen MR) is 76.4 cm³/mol. The van der Waals surface area contributed by atoms with E-state index in [9.17, 15) is 4.79 Å². The number of hydrogen-bond acceptors (Lipinski definition) is 3. The summed E-state index contributed by atoms with van der Waals surface area (Å²) in [4.78, 5) is 12.1. The fourth-order valence-electron chi connectivity index (χ4n) is 2.62. The van der Waals surface area contributed by atoms with Crippen molar-refractivity contribution in [2.45, 2.75) is 33.1 Å². The van der Waals surface area contributed by atoms with Gasteiger partial charge in [-0.1, -0.05) is 26.0 Å². The Kier molecular flexibility index (Phi) is 4.59. The van der Waals surface area contributed by atoms with Crippen molar-refractivity contribution >= 4 is 5.78 Å². The maximum atomic E-state index is 12.1. The van der Waals surface area contributed by atoms with Gasteiger partial charge in [-0.05, 0) is 29.5 Å². The Morgan fingerprint density at radius 1 is 1.42 bits per heavy atom. The predicted octanol–water partition coefficient (Wildman–Crippen LogP) is 2.35. The van der Waals surface area contributed by atoms with Crippen molar-refractivity contribution in [3.8, 4) is 5.75 Å². The second-order valence-electron chi connectivity index (χ2n) is 5.59. The van der Waals surface area contributed by atoms with Gasteiger partial charge in [0, 0.05) is 25.3 Å². The fourth-order valence-corrected chi connectivity index (χ4v) is 2.62. The first-order chi connectivity index (χ1) is 9.11. The Labute approximate surface area is 115 Å². The zero-order valence-corrected chi connectivity index (χ0v) is 11.8. The Morgan fingerprint density at radius 3 is 2.89 bits per heavy atom. The molecule has 3 heteroatoms. The molecule has 0 radical (unpaired) electrons. The van der Waals surface area contributed by atoms with Crippen molar-refractivity contribution in [1.82, 2.24) is 0 Å². The second-order valence-corrected chi connectivity index (χ2v) is 5.59. The minimum Gasteiger partial charge on any atom is -0.493 e. The van der Waals surface area contributed by atoms with Gasteiger partial charge in [-0.25, -0.2) is 0 Å². The highest BCUT2D eigenvalue weighted by molar-refractivity contribution is 5.81. The van der Waals surface area contributed by atoms with E-state index in [-0.39, 0.29) is 11.7 Å². The summed E-state index contributed by atoms with van der Waals surface area (Å²) in [6.07, 6.45) is 2.36. The van der Waals surface area contributed by atoms with Crippen LogP contribution in [-0.4, -0.2) is 18.9 Å². The van der Waals surface area contributed by atoms with E-state index in [0.29, 0.717) is 18.9 Å². The average molecular weight is 261 g/mol.